The highest BCUT2D eigenvalue weighted by Crippen LogP contribution is 2.03. The average molecular weight is 277 g/mol. The van der Waals surface area contributed by atoms with Crippen molar-refractivity contribution in [3.63, 3.8) is 0 Å². The molecule has 0 aliphatic heterocycles. The Kier molecular flexibility index (Phi) is 4.09. The number of hydrogen-bond acceptors (Lipinski definition) is 3. The third-order valence-electron chi connectivity index (χ3n) is 2.56. The van der Waals surface area contributed by atoms with Gasteiger partial charge in [0.05, 0.1) is 11.8 Å². The monoisotopic (exact) mass is 277 g/mol. The molecule has 0 unspecified atom stereocenters. The summed E-state index contributed by atoms with van der Waals surface area (Å²) in [6.45, 7) is -0.0472. The van der Waals surface area contributed by atoms with Crippen molar-refractivity contribution in [3.05, 3.63) is 53.6 Å². The smallest absolute Gasteiger partial charge is 0.325 e. The Balaban J connectivity index is 1.93. The predicted octanol–water partition coefficient (Wildman–Crippen LogP) is 1.04. The first kappa shape index (κ1) is 13.7. The lowest BCUT2D eigenvalue weighted by molar-refractivity contribution is -0.137. The fraction of sp³-hybridized carbons (Fsp3) is 0.154. The summed E-state index contributed by atoms with van der Waals surface area (Å²) in [6, 6.07) is 5.77. The zero-order chi connectivity index (χ0) is 14.5. The Bertz CT molecular complexity index is 622. The third-order valence-corrected chi connectivity index (χ3v) is 2.56. The summed E-state index contributed by atoms with van der Waals surface area (Å²) >= 11 is 0. The molecule has 7 heteroatoms. The first-order chi connectivity index (χ1) is 9.54. The van der Waals surface area contributed by atoms with Crippen molar-refractivity contribution in [2.24, 2.45) is 0 Å². The van der Waals surface area contributed by atoms with Crippen LogP contribution in [0.3, 0.4) is 0 Å². The summed E-state index contributed by atoms with van der Waals surface area (Å²) < 4.78 is 13.9. The number of nitrogens with zero attached hydrogens (tertiary/aromatic N) is 2. The van der Waals surface area contributed by atoms with E-state index < -0.39 is 5.97 Å². The lowest BCUT2D eigenvalue weighted by Gasteiger charge is -2.03. The first-order valence-corrected chi connectivity index (χ1v) is 5.81. The number of carboxylic acid groups (broad SMARTS) is 1. The maximum Gasteiger partial charge on any atom is 0.325 e. The van der Waals surface area contributed by atoms with E-state index in [4.69, 9.17) is 5.11 Å². The van der Waals surface area contributed by atoms with Crippen LogP contribution in [0.2, 0.25) is 0 Å². The summed E-state index contributed by atoms with van der Waals surface area (Å²) in [5, 5.41) is 15.0. The fourth-order valence-corrected chi connectivity index (χ4v) is 1.59. The SMILES string of the molecule is O=C(O)Cn1cc(C(=O)NCc2ccc(F)cc2)cn1. The van der Waals surface area contributed by atoms with Gasteiger partial charge >= 0.3 is 5.97 Å². The Labute approximate surface area is 113 Å². The minimum atomic E-state index is -1.04. The molecule has 0 saturated heterocycles. The van der Waals surface area contributed by atoms with Crippen LogP contribution >= 0.6 is 0 Å². The summed E-state index contributed by atoms with van der Waals surface area (Å²) in [4.78, 5) is 22.3. The van der Waals surface area contributed by atoms with Gasteiger partial charge in [-0.25, -0.2) is 4.39 Å². The minimum absolute atomic E-state index is 0.253. The molecule has 1 aromatic heterocycles. The highest BCUT2D eigenvalue weighted by Gasteiger charge is 2.09. The largest absolute Gasteiger partial charge is 0.480 e. The standard InChI is InChI=1S/C13H12FN3O3/c14-11-3-1-9(2-4-11)5-15-13(20)10-6-16-17(7-10)8-12(18)19/h1-4,6-7H,5,8H2,(H,15,20)(H,18,19). The number of halogens is 1. The van der Waals surface area contributed by atoms with Gasteiger partial charge in [0.1, 0.15) is 12.4 Å². The van der Waals surface area contributed by atoms with E-state index in [0.29, 0.717) is 0 Å². The second-order valence-corrected chi connectivity index (χ2v) is 4.13. The van der Waals surface area contributed by atoms with Crippen LogP contribution in [0.4, 0.5) is 4.39 Å². The van der Waals surface area contributed by atoms with Crippen molar-refractivity contribution in [3.8, 4) is 0 Å². The second kappa shape index (κ2) is 5.96. The van der Waals surface area contributed by atoms with E-state index in [1.165, 1.54) is 24.5 Å². The molecular formula is C13H12FN3O3. The molecule has 0 spiro atoms. The Morgan fingerprint density at radius 2 is 2.00 bits per heavy atom. The van der Waals surface area contributed by atoms with Crippen LogP contribution in [0.15, 0.2) is 36.7 Å². The van der Waals surface area contributed by atoms with Crippen LogP contribution in [-0.2, 0) is 17.9 Å². The van der Waals surface area contributed by atoms with Crippen molar-refractivity contribution in [1.29, 1.82) is 0 Å². The molecule has 2 aromatic rings. The van der Waals surface area contributed by atoms with Gasteiger partial charge in [-0.3, -0.25) is 14.3 Å². The number of aliphatic carboxylic acids is 1. The molecule has 20 heavy (non-hydrogen) atoms. The molecule has 0 radical (unpaired) electrons. The van der Waals surface area contributed by atoms with Gasteiger partial charge in [-0.1, -0.05) is 12.1 Å². The van der Waals surface area contributed by atoms with Crippen molar-refractivity contribution in [1.82, 2.24) is 15.1 Å². The number of rotatable bonds is 5. The molecular weight excluding hydrogens is 265 g/mol. The molecule has 2 N–H and O–H groups in total. The number of nitrogens with one attached hydrogen (secondary N) is 1. The third kappa shape index (κ3) is 3.64. The lowest BCUT2D eigenvalue weighted by Crippen LogP contribution is -2.22. The summed E-state index contributed by atoms with van der Waals surface area (Å²) in [5.74, 6) is -1.74. The molecule has 6 nitrogen and oxygen atoms in total. The van der Waals surface area contributed by atoms with E-state index in [1.807, 2.05) is 0 Å². The topological polar surface area (TPSA) is 84.2 Å². The van der Waals surface area contributed by atoms with Gasteiger partial charge < -0.3 is 10.4 Å². The van der Waals surface area contributed by atoms with Gasteiger partial charge in [0.2, 0.25) is 0 Å². The van der Waals surface area contributed by atoms with Gasteiger partial charge in [-0.2, -0.15) is 5.10 Å². The maximum atomic E-state index is 12.7. The number of amides is 1. The van der Waals surface area contributed by atoms with Crippen molar-refractivity contribution in [2.45, 2.75) is 13.1 Å². The molecule has 2 rings (SSSR count). The lowest BCUT2D eigenvalue weighted by atomic mass is 10.2. The molecule has 0 aliphatic rings. The number of hydrogen-bond donors (Lipinski definition) is 2. The molecule has 0 saturated carbocycles. The van der Waals surface area contributed by atoms with E-state index in [2.05, 4.69) is 10.4 Å². The van der Waals surface area contributed by atoms with E-state index in [0.717, 1.165) is 10.2 Å². The number of carboxylic acids is 1. The minimum Gasteiger partial charge on any atom is -0.480 e. The number of aromatic nitrogens is 2. The molecule has 0 fully saturated rings. The van der Waals surface area contributed by atoms with E-state index in [9.17, 15) is 14.0 Å². The summed E-state index contributed by atoms with van der Waals surface area (Å²) in [7, 11) is 0. The average Bonchev–Trinajstić information content (AvgIpc) is 2.85. The zero-order valence-electron chi connectivity index (χ0n) is 10.4. The van der Waals surface area contributed by atoms with Gasteiger partial charge in [-0.15, -0.1) is 0 Å². The van der Waals surface area contributed by atoms with Gasteiger partial charge in [0.25, 0.3) is 5.91 Å². The van der Waals surface area contributed by atoms with Gasteiger partial charge in [0.15, 0.2) is 0 Å². The Hall–Kier alpha value is -2.70. The molecule has 0 bridgehead atoms. The van der Waals surface area contributed by atoms with E-state index >= 15 is 0 Å². The first-order valence-electron chi connectivity index (χ1n) is 5.81. The maximum absolute atomic E-state index is 12.7. The van der Waals surface area contributed by atoms with Gasteiger partial charge in [0, 0.05) is 12.7 Å². The molecule has 1 amide bonds. The quantitative estimate of drug-likeness (QED) is 0.855. The predicted molar refractivity (Wildman–Crippen MR) is 67.4 cm³/mol. The normalized spacial score (nSPS) is 10.2. The Morgan fingerprint density at radius 3 is 2.65 bits per heavy atom. The molecule has 1 heterocycles. The van der Waals surface area contributed by atoms with Crippen LogP contribution in [0.1, 0.15) is 15.9 Å². The molecule has 1 aromatic carbocycles. The van der Waals surface area contributed by atoms with Crippen LogP contribution in [0.25, 0.3) is 0 Å². The summed E-state index contributed by atoms with van der Waals surface area (Å²) in [6.07, 6.45) is 2.65. The van der Waals surface area contributed by atoms with Crippen LogP contribution in [0.5, 0.6) is 0 Å². The van der Waals surface area contributed by atoms with Crippen molar-refractivity contribution < 1.29 is 19.1 Å². The fourth-order valence-electron chi connectivity index (χ4n) is 1.59. The highest BCUT2D eigenvalue weighted by molar-refractivity contribution is 5.93. The van der Waals surface area contributed by atoms with Crippen LogP contribution in [-0.4, -0.2) is 26.8 Å². The van der Waals surface area contributed by atoms with Crippen molar-refractivity contribution in [2.75, 3.05) is 0 Å². The second-order valence-electron chi connectivity index (χ2n) is 4.13. The molecule has 104 valence electrons. The van der Waals surface area contributed by atoms with Crippen molar-refractivity contribution >= 4 is 11.9 Å². The van der Waals surface area contributed by atoms with Crippen LogP contribution < -0.4 is 5.32 Å². The van der Waals surface area contributed by atoms with Crippen LogP contribution in [0, 0.1) is 5.82 Å². The van der Waals surface area contributed by atoms with E-state index in [-0.39, 0.29) is 30.4 Å². The zero-order valence-corrected chi connectivity index (χ0v) is 10.4. The highest BCUT2D eigenvalue weighted by atomic mass is 19.1. The number of carbonyl (C=O) groups is 2. The number of benzene rings is 1. The summed E-state index contributed by atoms with van der Waals surface area (Å²) in [5.41, 5.74) is 1.03. The molecule has 0 atom stereocenters. The number of carbonyl (C=O) groups excluding carboxylic acids is 1. The van der Waals surface area contributed by atoms with Gasteiger partial charge in [-0.05, 0) is 17.7 Å². The van der Waals surface area contributed by atoms with E-state index in [1.54, 1.807) is 12.1 Å². The Morgan fingerprint density at radius 1 is 1.30 bits per heavy atom. The molecule has 0 aliphatic carbocycles.